The predicted molar refractivity (Wildman–Crippen MR) is 28.0 cm³/mol. The van der Waals surface area contributed by atoms with E-state index in [9.17, 15) is 0 Å². The Balaban J connectivity index is 1.93. The summed E-state index contributed by atoms with van der Waals surface area (Å²) < 4.78 is 4.93. The first-order valence-electron chi connectivity index (χ1n) is 2.71. The fraction of sp³-hybridized carbons (Fsp3) is 1.00. The normalized spacial score (nSPS) is 21.9. The first-order chi connectivity index (χ1) is 3.43. The molecule has 1 saturated heterocycles. The quantitative estimate of drug-likeness (QED) is 0.530. The van der Waals surface area contributed by atoms with E-state index in [2.05, 4.69) is 0 Å². The molecule has 0 aromatic rings. The molecule has 42 valence electrons. The molecule has 1 fully saturated rings. The van der Waals surface area contributed by atoms with Crippen LogP contribution in [0.25, 0.3) is 0 Å². The Morgan fingerprint density at radius 1 is 1.57 bits per heavy atom. The minimum absolute atomic E-state index is 0.782. The van der Waals surface area contributed by atoms with Gasteiger partial charge in [0.1, 0.15) is 0 Å². The molecule has 0 bridgehead atoms. The topological polar surface area (TPSA) is 35.2 Å². The van der Waals surface area contributed by atoms with Gasteiger partial charge < -0.3 is 10.5 Å². The summed E-state index contributed by atoms with van der Waals surface area (Å²) in [5.41, 5.74) is 5.28. The molecule has 2 N–H and O–H groups in total. The molecule has 0 saturated carbocycles. The Hall–Kier alpha value is -0.0800. The van der Waals surface area contributed by atoms with Crippen LogP contribution >= 0.6 is 0 Å². The van der Waals surface area contributed by atoms with E-state index in [0.29, 0.717) is 0 Å². The first kappa shape index (κ1) is 5.06. The van der Waals surface area contributed by atoms with Gasteiger partial charge in [-0.25, -0.2) is 0 Å². The monoisotopic (exact) mass is 101 g/mol. The highest BCUT2D eigenvalue weighted by Gasteiger charge is 2.15. The summed E-state index contributed by atoms with van der Waals surface area (Å²) in [6.07, 6.45) is 1.14. The third-order valence-corrected chi connectivity index (χ3v) is 1.28. The Bertz CT molecular complexity index is 52.0. The third-order valence-electron chi connectivity index (χ3n) is 1.28. The SMILES string of the molecule is NCCC1COC1. The fourth-order valence-electron chi connectivity index (χ4n) is 0.687. The average molecular weight is 101 g/mol. The average Bonchev–Trinajstić information content (AvgIpc) is 1.55. The van der Waals surface area contributed by atoms with E-state index in [4.69, 9.17) is 10.5 Å². The van der Waals surface area contributed by atoms with Gasteiger partial charge in [0.15, 0.2) is 0 Å². The fourth-order valence-corrected chi connectivity index (χ4v) is 0.687. The number of rotatable bonds is 2. The summed E-state index contributed by atoms with van der Waals surface area (Å²) in [6, 6.07) is 0. The van der Waals surface area contributed by atoms with Gasteiger partial charge in [-0.15, -0.1) is 0 Å². The van der Waals surface area contributed by atoms with Gasteiger partial charge in [0.2, 0.25) is 0 Å². The second kappa shape index (κ2) is 2.28. The van der Waals surface area contributed by atoms with Crippen molar-refractivity contribution in [2.75, 3.05) is 19.8 Å². The summed E-state index contributed by atoms with van der Waals surface area (Å²) in [4.78, 5) is 0. The van der Waals surface area contributed by atoms with Gasteiger partial charge in [0, 0.05) is 5.92 Å². The molecule has 1 heterocycles. The minimum atomic E-state index is 0.782. The van der Waals surface area contributed by atoms with Crippen molar-refractivity contribution in [2.24, 2.45) is 11.7 Å². The molecule has 0 amide bonds. The second-order valence-electron chi connectivity index (χ2n) is 1.98. The van der Waals surface area contributed by atoms with Crippen LogP contribution < -0.4 is 5.73 Å². The standard InChI is InChI=1S/C5H11NO/c6-2-1-5-3-7-4-5/h5H,1-4,6H2. The molecule has 2 nitrogen and oxygen atoms in total. The largest absolute Gasteiger partial charge is 0.381 e. The van der Waals surface area contributed by atoms with Crippen LogP contribution in [-0.4, -0.2) is 19.8 Å². The molecule has 0 aromatic carbocycles. The van der Waals surface area contributed by atoms with Crippen LogP contribution in [0, 0.1) is 5.92 Å². The second-order valence-corrected chi connectivity index (χ2v) is 1.98. The highest BCUT2D eigenvalue weighted by atomic mass is 16.5. The molecule has 0 spiro atoms. The zero-order valence-corrected chi connectivity index (χ0v) is 4.39. The van der Waals surface area contributed by atoms with Crippen LogP contribution in [0.2, 0.25) is 0 Å². The molecule has 1 rings (SSSR count). The van der Waals surface area contributed by atoms with Crippen molar-refractivity contribution in [1.82, 2.24) is 0 Å². The Kier molecular flexibility index (Phi) is 1.65. The van der Waals surface area contributed by atoms with E-state index < -0.39 is 0 Å². The van der Waals surface area contributed by atoms with E-state index in [0.717, 1.165) is 32.1 Å². The molecule has 0 atom stereocenters. The highest BCUT2D eigenvalue weighted by Crippen LogP contribution is 2.11. The van der Waals surface area contributed by atoms with Crippen molar-refractivity contribution in [2.45, 2.75) is 6.42 Å². The van der Waals surface area contributed by atoms with Gasteiger partial charge in [-0.2, -0.15) is 0 Å². The number of ether oxygens (including phenoxy) is 1. The maximum Gasteiger partial charge on any atom is 0.0516 e. The van der Waals surface area contributed by atoms with Gasteiger partial charge in [-0.1, -0.05) is 0 Å². The van der Waals surface area contributed by atoms with Crippen LogP contribution in [0.15, 0.2) is 0 Å². The molecule has 0 unspecified atom stereocenters. The molecule has 2 heteroatoms. The Morgan fingerprint density at radius 3 is 2.43 bits per heavy atom. The summed E-state index contributed by atoms with van der Waals surface area (Å²) in [6.45, 7) is 2.70. The molecule has 0 aliphatic carbocycles. The zero-order valence-electron chi connectivity index (χ0n) is 4.39. The lowest BCUT2D eigenvalue weighted by molar-refractivity contribution is -0.0342. The van der Waals surface area contributed by atoms with Gasteiger partial charge in [-0.3, -0.25) is 0 Å². The van der Waals surface area contributed by atoms with Crippen molar-refractivity contribution >= 4 is 0 Å². The number of nitrogens with two attached hydrogens (primary N) is 1. The van der Waals surface area contributed by atoms with Crippen molar-refractivity contribution in [1.29, 1.82) is 0 Å². The Morgan fingerprint density at radius 2 is 2.29 bits per heavy atom. The molecular weight excluding hydrogens is 90.1 g/mol. The van der Waals surface area contributed by atoms with Crippen molar-refractivity contribution in [3.63, 3.8) is 0 Å². The predicted octanol–water partition coefficient (Wildman–Crippen LogP) is -0.0184. The maximum atomic E-state index is 5.28. The summed E-state index contributed by atoms with van der Waals surface area (Å²) in [5.74, 6) is 0.782. The van der Waals surface area contributed by atoms with E-state index in [1.165, 1.54) is 0 Å². The molecule has 0 aromatic heterocycles. The number of hydrogen-bond donors (Lipinski definition) is 1. The molecule has 1 aliphatic heterocycles. The van der Waals surface area contributed by atoms with Crippen LogP contribution in [-0.2, 0) is 4.74 Å². The molecule has 0 radical (unpaired) electrons. The van der Waals surface area contributed by atoms with E-state index in [1.807, 2.05) is 0 Å². The smallest absolute Gasteiger partial charge is 0.0516 e. The van der Waals surface area contributed by atoms with Crippen molar-refractivity contribution < 1.29 is 4.74 Å². The van der Waals surface area contributed by atoms with Gasteiger partial charge in [0.25, 0.3) is 0 Å². The van der Waals surface area contributed by atoms with Crippen molar-refractivity contribution in [3.8, 4) is 0 Å². The van der Waals surface area contributed by atoms with E-state index in [1.54, 1.807) is 0 Å². The lowest BCUT2D eigenvalue weighted by Gasteiger charge is -2.24. The van der Waals surface area contributed by atoms with Gasteiger partial charge >= 0.3 is 0 Å². The molecular formula is C5H11NO. The van der Waals surface area contributed by atoms with Crippen LogP contribution in [0.1, 0.15) is 6.42 Å². The van der Waals surface area contributed by atoms with E-state index >= 15 is 0 Å². The molecule has 1 aliphatic rings. The lowest BCUT2D eigenvalue weighted by Crippen LogP contribution is -2.29. The zero-order chi connectivity index (χ0) is 5.11. The van der Waals surface area contributed by atoms with Crippen LogP contribution in [0.4, 0.5) is 0 Å². The summed E-state index contributed by atoms with van der Waals surface area (Å²) >= 11 is 0. The third kappa shape index (κ3) is 1.14. The summed E-state index contributed by atoms with van der Waals surface area (Å²) in [7, 11) is 0. The maximum absolute atomic E-state index is 5.28. The highest BCUT2D eigenvalue weighted by molar-refractivity contribution is 4.64. The van der Waals surface area contributed by atoms with E-state index in [-0.39, 0.29) is 0 Å². The van der Waals surface area contributed by atoms with Crippen LogP contribution in [0.3, 0.4) is 0 Å². The first-order valence-corrected chi connectivity index (χ1v) is 2.71. The number of hydrogen-bond acceptors (Lipinski definition) is 2. The van der Waals surface area contributed by atoms with Gasteiger partial charge in [-0.05, 0) is 13.0 Å². The Labute approximate surface area is 43.6 Å². The van der Waals surface area contributed by atoms with Gasteiger partial charge in [0.05, 0.1) is 13.2 Å². The van der Waals surface area contributed by atoms with Crippen LogP contribution in [0.5, 0.6) is 0 Å². The minimum Gasteiger partial charge on any atom is -0.381 e. The summed E-state index contributed by atoms with van der Waals surface area (Å²) in [5, 5.41) is 0. The lowest BCUT2D eigenvalue weighted by atomic mass is 10.1. The van der Waals surface area contributed by atoms with Crippen molar-refractivity contribution in [3.05, 3.63) is 0 Å². The molecule has 7 heavy (non-hydrogen) atoms.